The van der Waals surface area contributed by atoms with Crippen molar-refractivity contribution in [1.29, 1.82) is 5.26 Å². The number of fused-ring (bicyclic) bond motifs is 1. The van der Waals surface area contributed by atoms with Crippen molar-refractivity contribution >= 4 is 5.91 Å². The molecule has 3 heterocycles. The van der Waals surface area contributed by atoms with Crippen LogP contribution in [0.25, 0.3) is 11.3 Å². The van der Waals surface area contributed by atoms with Crippen LogP contribution in [0.15, 0.2) is 42.6 Å². The molecule has 1 unspecified atom stereocenters. The van der Waals surface area contributed by atoms with Crippen LogP contribution in [0.3, 0.4) is 0 Å². The summed E-state index contributed by atoms with van der Waals surface area (Å²) in [5.41, 5.74) is 0.284. The van der Waals surface area contributed by atoms with Crippen molar-refractivity contribution in [3.63, 3.8) is 0 Å². The summed E-state index contributed by atoms with van der Waals surface area (Å²) in [6.45, 7) is 0.553. The van der Waals surface area contributed by atoms with E-state index >= 15 is 0 Å². The number of pyridine rings is 1. The van der Waals surface area contributed by atoms with Crippen LogP contribution in [0.2, 0.25) is 0 Å². The number of hydrogen-bond donors (Lipinski definition) is 1. The number of carbonyl (C=O) groups excluding carboxylic acids is 1. The highest BCUT2D eigenvalue weighted by Gasteiger charge is 2.33. The van der Waals surface area contributed by atoms with E-state index in [1.807, 2.05) is 6.07 Å². The second kappa shape index (κ2) is 8.42. The number of hydrogen-bond acceptors (Lipinski definition) is 4. The first-order valence-electron chi connectivity index (χ1n) is 9.87. The molecule has 3 aromatic rings. The molecule has 4 rings (SSSR count). The zero-order valence-corrected chi connectivity index (χ0v) is 16.7. The van der Waals surface area contributed by atoms with Crippen LogP contribution in [0.1, 0.15) is 52.6 Å². The Labute approximate surface area is 180 Å². The summed E-state index contributed by atoms with van der Waals surface area (Å²) in [7, 11) is 0. The summed E-state index contributed by atoms with van der Waals surface area (Å²) in [5, 5.41) is 16.3. The van der Waals surface area contributed by atoms with Crippen molar-refractivity contribution in [2.75, 3.05) is 0 Å². The van der Waals surface area contributed by atoms with Crippen LogP contribution in [0, 0.1) is 17.1 Å². The van der Waals surface area contributed by atoms with Crippen LogP contribution in [0.5, 0.6) is 0 Å². The maximum absolute atomic E-state index is 13.7. The minimum Gasteiger partial charge on any atom is -0.344 e. The van der Waals surface area contributed by atoms with Crippen molar-refractivity contribution < 1.29 is 22.4 Å². The third kappa shape index (κ3) is 4.46. The lowest BCUT2D eigenvalue weighted by Crippen LogP contribution is -2.29. The monoisotopic (exact) mass is 443 g/mol. The molecule has 1 aromatic carbocycles. The SMILES string of the molecule is N#Cc1cc(F)cc(C(=O)NC2CCCCn3nc(-c4ccnc(C(F)(F)F)c4)cc32)c1. The highest BCUT2D eigenvalue weighted by atomic mass is 19.4. The van der Waals surface area contributed by atoms with Crippen molar-refractivity contribution in [3.05, 3.63) is 70.9 Å². The fourth-order valence-electron chi connectivity index (χ4n) is 3.71. The van der Waals surface area contributed by atoms with Gasteiger partial charge in [-0.3, -0.25) is 14.5 Å². The molecule has 1 aliphatic heterocycles. The largest absolute Gasteiger partial charge is 0.433 e. The maximum Gasteiger partial charge on any atom is 0.433 e. The molecule has 1 N–H and O–H groups in total. The lowest BCUT2D eigenvalue weighted by atomic mass is 10.0. The van der Waals surface area contributed by atoms with Gasteiger partial charge in [-0.05, 0) is 55.7 Å². The molecule has 0 bridgehead atoms. The molecule has 1 aliphatic rings. The predicted molar refractivity (Wildman–Crippen MR) is 106 cm³/mol. The molecule has 0 saturated carbocycles. The number of aryl methyl sites for hydroxylation is 1. The Morgan fingerprint density at radius 3 is 2.75 bits per heavy atom. The Kier molecular flexibility index (Phi) is 5.65. The van der Waals surface area contributed by atoms with Gasteiger partial charge in [0.1, 0.15) is 11.5 Å². The first-order valence-corrected chi connectivity index (χ1v) is 9.87. The van der Waals surface area contributed by atoms with Crippen LogP contribution in [-0.4, -0.2) is 20.7 Å². The molecule has 10 heteroatoms. The van der Waals surface area contributed by atoms with Gasteiger partial charge in [-0.15, -0.1) is 0 Å². The normalized spacial score (nSPS) is 16.0. The number of rotatable bonds is 3. The van der Waals surface area contributed by atoms with E-state index in [9.17, 15) is 22.4 Å². The lowest BCUT2D eigenvalue weighted by molar-refractivity contribution is -0.141. The molecule has 6 nitrogen and oxygen atoms in total. The number of carbonyl (C=O) groups is 1. The van der Waals surface area contributed by atoms with Crippen LogP contribution < -0.4 is 5.32 Å². The molecule has 32 heavy (non-hydrogen) atoms. The molecule has 0 saturated heterocycles. The fourth-order valence-corrected chi connectivity index (χ4v) is 3.71. The van der Waals surface area contributed by atoms with Gasteiger partial charge in [0.2, 0.25) is 0 Å². The minimum absolute atomic E-state index is 0.0149. The number of amides is 1. The minimum atomic E-state index is -4.57. The number of nitrogens with one attached hydrogen (secondary N) is 1. The Bertz CT molecular complexity index is 1210. The summed E-state index contributed by atoms with van der Waals surface area (Å²) < 4.78 is 54.5. The van der Waals surface area contributed by atoms with Gasteiger partial charge in [0.05, 0.1) is 29.1 Å². The highest BCUT2D eigenvalue weighted by Crippen LogP contribution is 2.32. The number of nitrogens with zero attached hydrogens (tertiary/aromatic N) is 4. The Balaban J connectivity index is 1.64. The topological polar surface area (TPSA) is 83.6 Å². The Morgan fingerprint density at radius 1 is 1.19 bits per heavy atom. The highest BCUT2D eigenvalue weighted by molar-refractivity contribution is 5.94. The summed E-state index contributed by atoms with van der Waals surface area (Å²) >= 11 is 0. The lowest BCUT2D eigenvalue weighted by Gasteiger charge is -2.17. The van der Waals surface area contributed by atoms with E-state index in [2.05, 4.69) is 15.4 Å². The van der Waals surface area contributed by atoms with Gasteiger partial charge in [0.25, 0.3) is 5.91 Å². The number of aromatic nitrogens is 3. The van der Waals surface area contributed by atoms with Gasteiger partial charge >= 0.3 is 6.18 Å². The zero-order valence-electron chi connectivity index (χ0n) is 16.7. The van der Waals surface area contributed by atoms with E-state index < -0.39 is 29.6 Å². The average Bonchev–Trinajstić information content (AvgIpc) is 3.10. The molecular weight excluding hydrogens is 426 g/mol. The second-order valence-corrected chi connectivity index (χ2v) is 7.47. The third-order valence-electron chi connectivity index (χ3n) is 5.22. The quantitative estimate of drug-likeness (QED) is 0.599. The van der Waals surface area contributed by atoms with Gasteiger partial charge in [-0.2, -0.15) is 23.5 Å². The van der Waals surface area contributed by atoms with Crippen molar-refractivity contribution in [2.45, 2.75) is 38.0 Å². The first kappa shape index (κ1) is 21.5. The van der Waals surface area contributed by atoms with E-state index in [0.29, 0.717) is 24.4 Å². The number of nitriles is 1. The summed E-state index contributed by atoms with van der Waals surface area (Å²) in [6.07, 6.45) is -1.33. The number of benzene rings is 1. The molecule has 164 valence electrons. The Hall–Kier alpha value is -3.74. The first-order chi connectivity index (χ1) is 15.2. The maximum atomic E-state index is 13.7. The van der Waals surface area contributed by atoms with E-state index in [1.54, 1.807) is 10.7 Å². The molecule has 2 aromatic heterocycles. The fraction of sp³-hybridized carbons (Fsp3) is 0.273. The molecule has 0 fully saturated rings. The Morgan fingerprint density at radius 2 is 2.00 bits per heavy atom. The average molecular weight is 443 g/mol. The molecule has 0 radical (unpaired) electrons. The predicted octanol–water partition coefficient (Wildman–Crippen LogP) is 4.63. The smallest absolute Gasteiger partial charge is 0.344 e. The van der Waals surface area contributed by atoms with Gasteiger partial charge in [0, 0.05) is 23.9 Å². The van der Waals surface area contributed by atoms with E-state index in [4.69, 9.17) is 5.26 Å². The summed E-state index contributed by atoms with van der Waals surface area (Å²) in [6, 6.07) is 8.76. The van der Waals surface area contributed by atoms with Gasteiger partial charge < -0.3 is 5.32 Å². The van der Waals surface area contributed by atoms with Crippen molar-refractivity contribution in [2.24, 2.45) is 0 Å². The molecule has 1 atom stereocenters. The van der Waals surface area contributed by atoms with Crippen LogP contribution in [-0.2, 0) is 12.7 Å². The van der Waals surface area contributed by atoms with E-state index in [-0.39, 0.29) is 16.7 Å². The van der Waals surface area contributed by atoms with Gasteiger partial charge in [0.15, 0.2) is 0 Å². The van der Waals surface area contributed by atoms with Crippen molar-refractivity contribution in [1.82, 2.24) is 20.1 Å². The standard InChI is InChI=1S/C22H17F4N5O/c23-16-8-13(12-27)7-15(9-16)21(32)29-17-3-1-2-6-31-19(17)11-18(30-31)14-4-5-28-20(10-14)22(24,25)26/h4-5,7-11,17H,1-3,6H2,(H,29,32). The van der Waals surface area contributed by atoms with E-state index in [1.165, 1.54) is 12.1 Å². The van der Waals surface area contributed by atoms with E-state index in [0.717, 1.165) is 37.2 Å². The van der Waals surface area contributed by atoms with Crippen molar-refractivity contribution in [3.8, 4) is 17.3 Å². The molecule has 1 amide bonds. The molecule has 0 aliphatic carbocycles. The van der Waals surface area contributed by atoms with Crippen LogP contribution in [0.4, 0.5) is 17.6 Å². The zero-order chi connectivity index (χ0) is 22.9. The number of halogens is 4. The third-order valence-corrected chi connectivity index (χ3v) is 5.22. The summed E-state index contributed by atoms with van der Waals surface area (Å²) in [5.74, 6) is -1.24. The molecular formula is C22H17F4N5O. The van der Waals surface area contributed by atoms with Crippen LogP contribution >= 0.6 is 0 Å². The van der Waals surface area contributed by atoms with Gasteiger partial charge in [-0.25, -0.2) is 4.39 Å². The van der Waals surface area contributed by atoms with Gasteiger partial charge in [-0.1, -0.05) is 0 Å². The second-order valence-electron chi connectivity index (χ2n) is 7.47. The summed E-state index contributed by atoms with van der Waals surface area (Å²) in [4.78, 5) is 16.1. The number of alkyl halides is 3. The molecule has 0 spiro atoms.